The fourth-order valence-corrected chi connectivity index (χ4v) is 6.28. The highest BCUT2D eigenvalue weighted by Gasteiger charge is 2.25. The van der Waals surface area contributed by atoms with Crippen LogP contribution in [-0.2, 0) is 26.0 Å². The molecule has 0 saturated heterocycles. The highest BCUT2D eigenvalue weighted by Crippen LogP contribution is 2.41. The molecule has 3 aromatic carbocycles. The van der Waals surface area contributed by atoms with Crippen molar-refractivity contribution in [2.45, 2.75) is 38.8 Å². The number of methoxy groups -OCH3 is 1. The normalized spacial score (nSPS) is 12.6. The third-order valence-electron chi connectivity index (χ3n) is 6.82. The Balaban J connectivity index is 1.37. The Hall–Kier alpha value is -4.14. The number of carbonyl (C=O) groups is 2. The van der Waals surface area contributed by atoms with Crippen molar-refractivity contribution in [1.82, 2.24) is 5.32 Å². The number of aromatic carboxylic acids is 1. The quantitative estimate of drug-likeness (QED) is 0.190. The van der Waals surface area contributed by atoms with Crippen molar-refractivity contribution in [3.63, 3.8) is 0 Å². The maximum absolute atomic E-state index is 13.4. The summed E-state index contributed by atoms with van der Waals surface area (Å²) >= 11 is 8.15. The minimum Gasteiger partial charge on any atom is -0.493 e. The van der Waals surface area contributed by atoms with E-state index in [4.69, 9.17) is 26.1 Å². The predicted octanol–water partition coefficient (Wildman–Crippen LogP) is 7.25. The first-order chi connectivity index (χ1) is 19.9. The summed E-state index contributed by atoms with van der Waals surface area (Å²) in [5.74, 6) is -0.361. The lowest BCUT2D eigenvalue weighted by Gasteiger charge is -2.14. The number of fused-ring (bicyclic) bond motifs is 1. The first-order valence-corrected chi connectivity index (χ1v) is 14.5. The van der Waals surface area contributed by atoms with Gasteiger partial charge in [0.25, 0.3) is 5.91 Å². The van der Waals surface area contributed by atoms with Gasteiger partial charge in [-0.3, -0.25) is 4.79 Å². The van der Waals surface area contributed by atoms with Crippen molar-refractivity contribution in [1.29, 1.82) is 0 Å². The third kappa shape index (κ3) is 6.78. The number of aliphatic imine (C=N–C) groups is 1. The van der Waals surface area contributed by atoms with Gasteiger partial charge < -0.3 is 19.9 Å². The monoisotopic (exact) mass is 588 g/mol. The number of carbonyl (C=O) groups excluding carboxylic acids is 1. The molecule has 1 aromatic heterocycles. The molecule has 2 N–H and O–H groups in total. The molecule has 0 spiro atoms. The van der Waals surface area contributed by atoms with E-state index in [-0.39, 0.29) is 18.1 Å². The van der Waals surface area contributed by atoms with Crippen LogP contribution >= 0.6 is 22.9 Å². The van der Waals surface area contributed by atoms with Gasteiger partial charge in [-0.05, 0) is 72.2 Å². The summed E-state index contributed by atoms with van der Waals surface area (Å²) in [4.78, 5) is 30.6. The van der Waals surface area contributed by atoms with Crippen LogP contribution in [0.3, 0.4) is 0 Å². The molecule has 4 aromatic rings. The second kappa shape index (κ2) is 13.0. The fraction of sp³-hybridized carbons (Fsp3) is 0.219. The Labute approximate surface area is 247 Å². The minimum atomic E-state index is -1.01. The SMILES string of the molecule is COc1cc(C=Nc2sc3c(c2C(=O)NCc2ccccc2)CCCC3)cc(Cl)c1OCc1cccc(C(=O)O)c1. The van der Waals surface area contributed by atoms with Gasteiger partial charge in [0.15, 0.2) is 11.5 Å². The largest absolute Gasteiger partial charge is 0.493 e. The highest BCUT2D eigenvalue weighted by molar-refractivity contribution is 7.16. The first kappa shape index (κ1) is 28.4. The number of hydrogen-bond acceptors (Lipinski definition) is 6. The number of halogens is 1. The van der Waals surface area contributed by atoms with Crippen molar-refractivity contribution in [2.75, 3.05) is 7.11 Å². The molecule has 1 heterocycles. The Morgan fingerprint density at radius 1 is 1.05 bits per heavy atom. The summed E-state index contributed by atoms with van der Waals surface area (Å²) in [6.45, 7) is 0.565. The van der Waals surface area contributed by atoms with Gasteiger partial charge in [0.05, 0.1) is 23.3 Å². The number of hydrogen-bond donors (Lipinski definition) is 2. The number of carboxylic acids is 1. The Kier molecular flexibility index (Phi) is 9.01. The van der Waals surface area contributed by atoms with Crippen LogP contribution in [0.25, 0.3) is 0 Å². The molecule has 0 fully saturated rings. The standard InChI is InChI=1S/C32H29ClN2O5S/c1-39-26-16-22(15-25(33)29(26)40-19-21-10-7-11-23(14-21)32(37)38)18-35-31-28(24-12-5-6-13-27(24)41-31)30(36)34-17-20-8-3-2-4-9-20/h2-4,7-11,14-16,18H,5-6,12-13,17,19H2,1H3,(H,34,36)(H,37,38). The van der Waals surface area contributed by atoms with Crippen LogP contribution in [0.2, 0.25) is 5.02 Å². The fourth-order valence-electron chi connectivity index (χ4n) is 4.78. The van der Waals surface area contributed by atoms with E-state index < -0.39 is 5.97 Å². The average molecular weight is 589 g/mol. The molecule has 0 bridgehead atoms. The number of nitrogens with one attached hydrogen (secondary N) is 1. The molecular weight excluding hydrogens is 560 g/mol. The first-order valence-electron chi connectivity index (χ1n) is 13.3. The lowest BCUT2D eigenvalue weighted by molar-refractivity contribution is 0.0696. The van der Waals surface area contributed by atoms with Gasteiger partial charge in [0.2, 0.25) is 0 Å². The van der Waals surface area contributed by atoms with E-state index in [9.17, 15) is 14.7 Å². The number of benzene rings is 3. The maximum atomic E-state index is 13.4. The topological polar surface area (TPSA) is 97.2 Å². The van der Waals surface area contributed by atoms with Gasteiger partial charge in [-0.1, -0.05) is 54.1 Å². The number of ether oxygens (including phenoxy) is 2. The van der Waals surface area contributed by atoms with Crippen molar-refractivity contribution in [3.05, 3.63) is 110 Å². The van der Waals surface area contributed by atoms with Crippen molar-refractivity contribution < 1.29 is 24.2 Å². The van der Waals surface area contributed by atoms with E-state index in [0.29, 0.717) is 44.8 Å². The van der Waals surface area contributed by atoms with Gasteiger partial charge >= 0.3 is 5.97 Å². The van der Waals surface area contributed by atoms with Crippen LogP contribution in [0.15, 0.2) is 71.7 Å². The summed E-state index contributed by atoms with van der Waals surface area (Å²) < 4.78 is 11.5. The highest BCUT2D eigenvalue weighted by atomic mass is 35.5. The molecule has 1 amide bonds. The van der Waals surface area contributed by atoms with E-state index in [1.807, 2.05) is 30.3 Å². The number of amides is 1. The maximum Gasteiger partial charge on any atom is 0.335 e. The Morgan fingerprint density at radius 2 is 1.83 bits per heavy atom. The van der Waals surface area contributed by atoms with E-state index >= 15 is 0 Å². The zero-order valence-electron chi connectivity index (χ0n) is 22.5. The zero-order valence-corrected chi connectivity index (χ0v) is 24.1. The second-order valence-electron chi connectivity index (χ2n) is 9.65. The molecular formula is C32H29ClN2O5S. The van der Waals surface area contributed by atoms with Crippen LogP contribution in [0, 0.1) is 0 Å². The van der Waals surface area contributed by atoms with Crippen molar-refractivity contribution in [2.24, 2.45) is 4.99 Å². The van der Waals surface area contributed by atoms with Gasteiger partial charge in [-0.2, -0.15) is 0 Å². The van der Waals surface area contributed by atoms with Crippen molar-refractivity contribution >= 4 is 46.0 Å². The molecule has 0 unspecified atom stereocenters. The lowest BCUT2D eigenvalue weighted by Crippen LogP contribution is -2.24. The Bertz CT molecular complexity index is 1600. The Morgan fingerprint density at radius 3 is 2.61 bits per heavy atom. The second-order valence-corrected chi connectivity index (χ2v) is 11.1. The van der Waals surface area contributed by atoms with E-state index in [1.54, 1.807) is 47.9 Å². The molecule has 7 nitrogen and oxygen atoms in total. The van der Waals surface area contributed by atoms with E-state index in [2.05, 4.69) is 5.32 Å². The molecule has 5 rings (SSSR count). The van der Waals surface area contributed by atoms with Crippen LogP contribution in [0.1, 0.15) is 60.7 Å². The smallest absolute Gasteiger partial charge is 0.335 e. The summed E-state index contributed by atoms with van der Waals surface area (Å²) in [6, 6.07) is 19.8. The summed E-state index contributed by atoms with van der Waals surface area (Å²) in [6.07, 6.45) is 5.67. The molecule has 9 heteroatoms. The predicted molar refractivity (Wildman–Crippen MR) is 162 cm³/mol. The number of aryl methyl sites for hydroxylation is 1. The third-order valence-corrected chi connectivity index (χ3v) is 8.30. The summed E-state index contributed by atoms with van der Waals surface area (Å²) in [5.41, 5.74) is 4.35. The average Bonchev–Trinajstić information content (AvgIpc) is 3.37. The van der Waals surface area contributed by atoms with Gasteiger partial charge in [0, 0.05) is 17.6 Å². The van der Waals surface area contributed by atoms with Crippen LogP contribution in [0.4, 0.5) is 5.00 Å². The molecule has 0 aliphatic heterocycles. The zero-order chi connectivity index (χ0) is 28.8. The molecule has 210 valence electrons. The van der Waals surface area contributed by atoms with Crippen LogP contribution < -0.4 is 14.8 Å². The lowest BCUT2D eigenvalue weighted by atomic mass is 9.95. The molecule has 0 radical (unpaired) electrons. The molecule has 41 heavy (non-hydrogen) atoms. The number of carboxylic acid groups (broad SMARTS) is 1. The van der Waals surface area contributed by atoms with Gasteiger partial charge in [-0.15, -0.1) is 11.3 Å². The summed E-state index contributed by atoms with van der Waals surface area (Å²) in [7, 11) is 1.52. The van der Waals surface area contributed by atoms with E-state index in [0.717, 1.165) is 36.8 Å². The molecule has 0 atom stereocenters. The number of rotatable bonds is 10. The number of nitrogens with zero attached hydrogens (tertiary/aromatic N) is 1. The van der Waals surface area contributed by atoms with Crippen LogP contribution in [-0.4, -0.2) is 30.3 Å². The van der Waals surface area contributed by atoms with E-state index in [1.165, 1.54) is 18.1 Å². The molecule has 1 aliphatic carbocycles. The molecule has 0 saturated carbocycles. The van der Waals surface area contributed by atoms with Gasteiger partial charge in [-0.25, -0.2) is 9.79 Å². The minimum absolute atomic E-state index is 0.118. The van der Waals surface area contributed by atoms with Crippen LogP contribution in [0.5, 0.6) is 11.5 Å². The van der Waals surface area contributed by atoms with Gasteiger partial charge in [0.1, 0.15) is 11.6 Å². The van der Waals surface area contributed by atoms with Crippen molar-refractivity contribution in [3.8, 4) is 11.5 Å². The number of thiophene rings is 1. The molecule has 1 aliphatic rings. The summed E-state index contributed by atoms with van der Waals surface area (Å²) in [5, 5.41) is 13.3.